The van der Waals surface area contributed by atoms with Crippen LogP contribution < -0.4 is 5.32 Å². The zero-order chi connectivity index (χ0) is 17.0. The first-order valence-corrected chi connectivity index (χ1v) is 8.89. The van der Waals surface area contributed by atoms with Crippen LogP contribution in [0, 0.1) is 0 Å². The maximum Gasteiger partial charge on any atom is 0.320 e. The number of esters is 1. The number of hydrogen-bond acceptors (Lipinski definition) is 4. The lowest BCUT2D eigenvalue weighted by Crippen LogP contribution is -2.53. The number of benzene rings is 1. The Balaban J connectivity index is 1.60. The van der Waals surface area contributed by atoms with Crippen molar-refractivity contribution in [2.75, 3.05) is 19.7 Å². The van der Waals surface area contributed by atoms with Crippen LogP contribution in [0.3, 0.4) is 0 Å². The van der Waals surface area contributed by atoms with E-state index in [0.717, 1.165) is 32.1 Å². The maximum atomic E-state index is 12.6. The van der Waals surface area contributed by atoms with E-state index in [4.69, 9.17) is 4.74 Å². The molecular formula is C19H26N2O3. The van der Waals surface area contributed by atoms with E-state index in [9.17, 15) is 9.59 Å². The second kappa shape index (κ2) is 7.34. The molecule has 1 aromatic rings. The van der Waals surface area contributed by atoms with Gasteiger partial charge in [0.05, 0.1) is 25.2 Å². The average molecular weight is 330 g/mol. The molecule has 0 aromatic heterocycles. The molecule has 0 radical (unpaired) electrons. The van der Waals surface area contributed by atoms with Gasteiger partial charge in [0.2, 0.25) is 5.91 Å². The molecule has 0 saturated heterocycles. The number of carbonyl (C=O) groups excluding carboxylic acids is 2. The van der Waals surface area contributed by atoms with Crippen LogP contribution in [-0.4, -0.2) is 42.5 Å². The topological polar surface area (TPSA) is 58.6 Å². The normalized spacial score (nSPS) is 18.8. The van der Waals surface area contributed by atoms with Crippen LogP contribution in [-0.2, 0) is 19.9 Å². The first kappa shape index (κ1) is 17.0. The molecule has 2 aliphatic rings. The molecule has 1 aromatic carbocycles. The lowest BCUT2D eigenvalue weighted by atomic mass is 9.72. The summed E-state index contributed by atoms with van der Waals surface area (Å²) in [5.41, 5.74) is 0.949. The highest BCUT2D eigenvalue weighted by molar-refractivity contribution is 5.80. The molecule has 5 nitrogen and oxygen atoms in total. The standard InChI is InChI=1S/C19H26N2O3/c1-2-24-18(23)14-21(16-9-10-16)13-17(22)20-19(11-6-12-19)15-7-4-3-5-8-15/h3-5,7-8,16H,2,6,9-14H2,1H3,(H,20,22). The molecule has 0 heterocycles. The average Bonchev–Trinajstić information content (AvgIpc) is 3.36. The number of amides is 1. The first-order chi connectivity index (χ1) is 11.6. The van der Waals surface area contributed by atoms with Crippen molar-refractivity contribution < 1.29 is 14.3 Å². The summed E-state index contributed by atoms with van der Waals surface area (Å²) in [4.78, 5) is 26.3. The Morgan fingerprint density at radius 3 is 2.46 bits per heavy atom. The number of rotatable bonds is 8. The fraction of sp³-hybridized carbons (Fsp3) is 0.579. The predicted octanol–water partition coefficient (Wildman–Crippen LogP) is 2.21. The van der Waals surface area contributed by atoms with Crippen molar-refractivity contribution in [3.63, 3.8) is 0 Å². The van der Waals surface area contributed by atoms with Crippen molar-refractivity contribution >= 4 is 11.9 Å². The van der Waals surface area contributed by atoms with E-state index in [1.54, 1.807) is 6.92 Å². The van der Waals surface area contributed by atoms with E-state index < -0.39 is 0 Å². The highest BCUT2D eigenvalue weighted by atomic mass is 16.5. The number of hydrogen-bond donors (Lipinski definition) is 1. The van der Waals surface area contributed by atoms with E-state index in [0.29, 0.717) is 12.6 Å². The summed E-state index contributed by atoms with van der Waals surface area (Å²) in [5.74, 6) is -0.256. The quantitative estimate of drug-likeness (QED) is 0.743. The van der Waals surface area contributed by atoms with Gasteiger partial charge in [-0.15, -0.1) is 0 Å². The fourth-order valence-corrected chi connectivity index (χ4v) is 3.39. The van der Waals surface area contributed by atoms with E-state index in [-0.39, 0.29) is 30.5 Å². The Labute approximate surface area is 143 Å². The largest absolute Gasteiger partial charge is 0.465 e. The van der Waals surface area contributed by atoms with Crippen molar-refractivity contribution in [1.29, 1.82) is 0 Å². The summed E-state index contributed by atoms with van der Waals surface area (Å²) in [5, 5.41) is 3.23. The van der Waals surface area contributed by atoms with E-state index in [1.807, 2.05) is 23.1 Å². The van der Waals surface area contributed by atoms with Crippen molar-refractivity contribution in [3.8, 4) is 0 Å². The minimum Gasteiger partial charge on any atom is -0.465 e. The van der Waals surface area contributed by atoms with Crippen LogP contribution in [0.25, 0.3) is 0 Å². The lowest BCUT2D eigenvalue weighted by Gasteiger charge is -2.43. The van der Waals surface area contributed by atoms with Crippen LogP contribution in [0.4, 0.5) is 0 Å². The van der Waals surface area contributed by atoms with E-state index in [2.05, 4.69) is 17.4 Å². The smallest absolute Gasteiger partial charge is 0.320 e. The van der Waals surface area contributed by atoms with Gasteiger partial charge in [-0.2, -0.15) is 0 Å². The second-order valence-corrected chi connectivity index (χ2v) is 6.79. The third-order valence-electron chi connectivity index (χ3n) is 4.96. The number of carbonyl (C=O) groups is 2. The molecule has 2 fully saturated rings. The van der Waals surface area contributed by atoms with Gasteiger partial charge in [-0.3, -0.25) is 14.5 Å². The van der Waals surface area contributed by atoms with Gasteiger partial charge in [0.25, 0.3) is 0 Å². The van der Waals surface area contributed by atoms with Crippen LogP contribution in [0.1, 0.15) is 44.6 Å². The SMILES string of the molecule is CCOC(=O)CN(CC(=O)NC1(c2ccccc2)CCC1)C1CC1. The van der Waals surface area contributed by atoms with Gasteiger partial charge in [0.1, 0.15) is 0 Å². The molecule has 0 atom stereocenters. The van der Waals surface area contributed by atoms with Crippen molar-refractivity contribution in [2.24, 2.45) is 0 Å². The summed E-state index contributed by atoms with van der Waals surface area (Å²) in [6, 6.07) is 10.5. The molecule has 0 unspecified atom stereocenters. The zero-order valence-corrected chi connectivity index (χ0v) is 14.3. The maximum absolute atomic E-state index is 12.6. The molecule has 24 heavy (non-hydrogen) atoms. The van der Waals surface area contributed by atoms with Crippen LogP contribution in [0.5, 0.6) is 0 Å². The van der Waals surface area contributed by atoms with Gasteiger partial charge in [0, 0.05) is 6.04 Å². The predicted molar refractivity (Wildman–Crippen MR) is 91.3 cm³/mol. The van der Waals surface area contributed by atoms with E-state index >= 15 is 0 Å². The van der Waals surface area contributed by atoms with Crippen molar-refractivity contribution in [2.45, 2.75) is 50.6 Å². The summed E-state index contributed by atoms with van der Waals surface area (Å²) >= 11 is 0. The molecule has 1 N–H and O–H groups in total. The van der Waals surface area contributed by atoms with Crippen molar-refractivity contribution in [1.82, 2.24) is 10.2 Å². The molecule has 0 aliphatic heterocycles. The molecule has 2 aliphatic carbocycles. The Morgan fingerprint density at radius 1 is 1.21 bits per heavy atom. The monoisotopic (exact) mass is 330 g/mol. The number of ether oxygens (including phenoxy) is 1. The van der Waals surface area contributed by atoms with Gasteiger partial charge < -0.3 is 10.1 Å². The Hall–Kier alpha value is -1.88. The Bertz CT molecular complexity index is 580. The summed E-state index contributed by atoms with van der Waals surface area (Å²) in [7, 11) is 0. The van der Waals surface area contributed by atoms with E-state index in [1.165, 1.54) is 5.56 Å². The first-order valence-electron chi connectivity index (χ1n) is 8.89. The summed E-state index contributed by atoms with van der Waals surface area (Å²) < 4.78 is 5.02. The summed E-state index contributed by atoms with van der Waals surface area (Å²) in [6.45, 7) is 2.63. The highest BCUT2D eigenvalue weighted by Crippen LogP contribution is 2.41. The molecule has 130 valence electrons. The summed E-state index contributed by atoms with van der Waals surface area (Å²) in [6.07, 6.45) is 5.19. The Kier molecular flexibility index (Phi) is 5.19. The third-order valence-corrected chi connectivity index (χ3v) is 4.96. The van der Waals surface area contributed by atoms with Crippen LogP contribution in [0.2, 0.25) is 0 Å². The molecular weight excluding hydrogens is 304 g/mol. The molecule has 2 saturated carbocycles. The molecule has 3 rings (SSSR count). The molecule has 0 spiro atoms. The van der Waals surface area contributed by atoms with Crippen LogP contribution in [0.15, 0.2) is 30.3 Å². The highest BCUT2D eigenvalue weighted by Gasteiger charge is 2.41. The Morgan fingerprint density at radius 2 is 1.92 bits per heavy atom. The zero-order valence-electron chi connectivity index (χ0n) is 14.3. The molecule has 0 bridgehead atoms. The molecule has 5 heteroatoms. The van der Waals surface area contributed by atoms with Gasteiger partial charge in [-0.05, 0) is 44.6 Å². The van der Waals surface area contributed by atoms with Crippen LogP contribution >= 0.6 is 0 Å². The molecule has 1 amide bonds. The lowest BCUT2D eigenvalue weighted by molar-refractivity contribution is -0.145. The van der Waals surface area contributed by atoms with Gasteiger partial charge in [-0.1, -0.05) is 30.3 Å². The van der Waals surface area contributed by atoms with Gasteiger partial charge in [-0.25, -0.2) is 0 Å². The van der Waals surface area contributed by atoms with Gasteiger partial charge in [0.15, 0.2) is 0 Å². The van der Waals surface area contributed by atoms with Gasteiger partial charge >= 0.3 is 5.97 Å². The minimum atomic E-state index is -0.251. The minimum absolute atomic E-state index is 0.00486. The third kappa shape index (κ3) is 3.96. The second-order valence-electron chi connectivity index (χ2n) is 6.79. The number of nitrogens with zero attached hydrogens (tertiary/aromatic N) is 1. The fourth-order valence-electron chi connectivity index (χ4n) is 3.39. The van der Waals surface area contributed by atoms with Crippen molar-refractivity contribution in [3.05, 3.63) is 35.9 Å². The number of nitrogens with one attached hydrogen (secondary N) is 1.